The summed E-state index contributed by atoms with van der Waals surface area (Å²) in [7, 11) is 0. The van der Waals surface area contributed by atoms with Gasteiger partial charge in [-0.15, -0.1) is 13.2 Å². The Kier molecular flexibility index (Phi) is 3.38. The van der Waals surface area contributed by atoms with Gasteiger partial charge in [-0.05, 0) is 31.2 Å². The average Bonchev–Trinajstić information content (AvgIpc) is 2.95. The first-order valence-electron chi connectivity index (χ1n) is 6.52. The van der Waals surface area contributed by atoms with E-state index in [1.807, 2.05) is 17.7 Å². The van der Waals surface area contributed by atoms with Gasteiger partial charge in [0.2, 0.25) is 0 Å². The minimum Gasteiger partial charge on any atom is -0.489 e. The Labute approximate surface area is 124 Å². The Hall–Kier alpha value is -2.38. The molecule has 0 aliphatic carbocycles. The van der Waals surface area contributed by atoms with E-state index in [1.54, 1.807) is 6.20 Å². The van der Waals surface area contributed by atoms with Crippen LogP contribution in [0.2, 0.25) is 0 Å². The van der Waals surface area contributed by atoms with Gasteiger partial charge in [0.25, 0.3) is 6.01 Å². The van der Waals surface area contributed by atoms with Crippen molar-refractivity contribution in [3.8, 4) is 17.5 Å². The van der Waals surface area contributed by atoms with E-state index in [0.29, 0.717) is 18.3 Å². The molecule has 0 saturated heterocycles. The number of halogens is 3. The summed E-state index contributed by atoms with van der Waals surface area (Å²) >= 11 is 0. The van der Waals surface area contributed by atoms with Crippen LogP contribution in [0.5, 0.6) is 17.5 Å². The van der Waals surface area contributed by atoms with Crippen LogP contribution in [0.1, 0.15) is 6.92 Å². The molecule has 0 fully saturated rings. The molecule has 1 aliphatic rings. The SMILES string of the molecule is CC1(COc2ccc(OC(F)(F)F)cc2)Cn2ccnc2O1. The lowest BCUT2D eigenvalue weighted by Crippen LogP contribution is -2.38. The number of fused-ring (bicyclic) bond motifs is 1. The van der Waals surface area contributed by atoms with Gasteiger partial charge in [0.05, 0.1) is 6.54 Å². The number of aromatic nitrogens is 2. The maximum Gasteiger partial charge on any atom is 0.573 e. The molecule has 22 heavy (non-hydrogen) atoms. The first-order valence-corrected chi connectivity index (χ1v) is 6.52. The molecule has 1 unspecified atom stereocenters. The van der Waals surface area contributed by atoms with Gasteiger partial charge in [0.15, 0.2) is 5.60 Å². The first kappa shape index (κ1) is 14.6. The van der Waals surface area contributed by atoms with Crippen molar-refractivity contribution in [2.45, 2.75) is 25.4 Å². The molecule has 1 aromatic heterocycles. The third kappa shape index (κ3) is 3.26. The van der Waals surface area contributed by atoms with E-state index in [4.69, 9.17) is 9.47 Å². The van der Waals surface area contributed by atoms with Gasteiger partial charge >= 0.3 is 6.36 Å². The van der Waals surface area contributed by atoms with Crippen LogP contribution in [-0.2, 0) is 6.54 Å². The molecule has 0 amide bonds. The molecule has 1 aromatic carbocycles. The lowest BCUT2D eigenvalue weighted by molar-refractivity contribution is -0.274. The lowest BCUT2D eigenvalue weighted by atomic mass is 10.1. The van der Waals surface area contributed by atoms with Gasteiger partial charge < -0.3 is 14.2 Å². The second-order valence-corrected chi connectivity index (χ2v) is 5.20. The molecule has 0 saturated carbocycles. The van der Waals surface area contributed by atoms with Crippen molar-refractivity contribution in [1.29, 1.82) is 0 Å². The van der Waals surface area contributed by atoms with Crippen LogP contribution >= 0.6 is 0 Å². The molecule has 1 atom stereocenters. The van der Waals surface area contributed by atoms with E-state index < -0.39 is 12.0 Å². The largest absolute Gasteiger partial charge is 0.573 e. The van der Waals surface area contributed by atoms with Crippen LogP contribution < -0.4 is 14.2 Å². The monoisotopic (exact) mass is 314 g/mol. The number of alkyl halides is 3. The van der Waals surface area contributed by atoms with E-state index in [0.717, 1.165) is 0 Å². The molecule has 8 heteroatoms. The Morgan fingerprint density at radius 2 is 1.95 bits per heavy atom. The molecule has 0 spiro atoms. The summed E-state index contributed by atoms with van der Waals surface area (Å²) in [6.07, 6.45) is -1.24. The molecule has 1 aliphatic heterocycles. The van der Waals surface area contributed by atoms with Crippen LogP contribution in [0.3, 0.4) is 0 Å². The van der Waals surface area contributed by atoms with Crippen LogP contribution in [0.4, 0.5) is 13.2 Å². The highest BCUT2D eigenvalue weighted by molar-refractivity contribution is 5.31. The van der Waals surface area contributed by atoms with Gasteiger partial charge in [0.1, 0.15) is 18.1 Å². The molecule has 2 heterocycles. The number of hydrogen-bond donors (Lipinski definition) is 0. The van der Waals surface area contributed by atoms with Crippen molar-refractivity contribution < 1.29 is 27.4 Å². The molecule has 2 aromatic rings. The summed E-state index contributed by atoms with van der Waals surface area (Å²) < 4.78 is 53.1. The number of imidazole rings is 1. The Balaban J connectivity index is 1.57. The predicted molar refractivity (Wildman–Crippen MR) is 69.9 cm³/mol. The third-order valence-electron chi connectivity index (χ3n) is 3.12. The van der Waals surface area contributed by atoms with Gasteiger partial charge in [0, 0.05) is 12.4 Å². The predicted octanol–water partition coefficient (Wildman–Crippen LogP) is 3.01. The Bertz CT molecular complexity index is 632. The molecule has 5 nitrogen and oxygen atoms in total. The zero-order valence-electron chi connectivity index (χ0n) is 11.6. The van der Waals surface area contributed by atoms with Crippen molar-refractivity contribution in [3.63, 3.8) is 0 Å². The van der Waals surface area contributed by atoms with Crippen molar-refractivity contribution in [2.24, 2.45) is 0 Å². The fourth-order valence-electron chi connectivity index (χ4n) is 2.18. The highest BCUT2D eigenvalue weighted by atomic mass is 19.4. The maximum atomic E-state index is 12.1. The van der Waals surface area contributed by atoms with Crippen molar-refractivity contribution in [1.82, 2.24) is 9.55 Å². The van der Waals surface area contributed by atoms with Crippen LogP contribution in [0, 0.1) is 0 Å². The summed E-state index contributed by atoms with van der Waals surface area (Å²) in [4.78, 5) is 4.05. The molecular formula is C14H13F3N2O3. The number of benzene rings is 1. The van der Waals surface area contributed by atoms with Crippen molar-refractivity contribution in [2.75, 3.05) is 6.61 Å². The second-order valence-electron chi connectivity index (χ2n) is 5.20. The van der Waals surface area contributed by atoms with E-state index in [9.17, 15) is 13.2 Å². The fraction of sp³-hybridized carbons (Fsp3) is 0.357. The van der Waals surface area contributed by atoms with E-state index in [1.165, 1.54) is 24.3 Å². The van der Waals surface area contributed by atoms with Crippen LogP contribution in [-0.4, -0.2) is 28.1 Å². The standard InChI is InChI=1S/C14H13F3N2O3/c1-13(8-19-7-6-18-12(19)22-13)9-20-10-2-4-11(5-3-10)21-14(15,16)17/h2-7H,8-9H2,1H3. The van der Waals surface area contributed by atoms with Crippen molar-refractivity contribution >= 4 is 0 Å². The van der Waals surface area contributed by atoms with Gasteiger partial charge in [-0.1, -0.05) is 0 Å². The third-order valence-corrected chi connectivity index (χ3v) is 3.12. The zero-order valence-corrected chi connectivity index (χ0v) is 11.6. The average molecular weight is 314 g/mol. The summed E-state index contributed by atoms with van der Waals surface area (Å²) in [6.45, 7) is 2.72. The zero-order chi connectivity index (χ0) is 15.8. The maximum absolute atomic E-state index is 12.1. The topological polar surface area (TPSA) is 45.5 Å². The second kappa shape index (κ2) is 5.11. The first-order chi connectivity index (χ1) is 10.3. The normalized spacial score (nSPS) is 20.4. The fourth-order valence-corrected chi connectivity index (χ4v) is 2.18. The van der Waals surface area contributed by atoms with Crippen LogP contribution in [0.25, 0.3) is 0 Å². The molecule has 118 valence electrons. The summed E-state index contributed by atoms with van der Waals surface area (Å²) in [5.41, 5.74) is -0.565. The molecular weight excluding hydrogens is 301 g/mol. The highest BCUT2D eigenvalue weighted by Gasteiger charge is 2.36. The minimum absolute atomic E-state index is 0.246. The molecule has 3 rings (SSSR count). The number of hydrogen-bond acceptors (Lipinski definition) is 4. The smallest absolute Gasteiger partial charge is 0.489 e. The summed E-state index contributed by atoms with van der Waals surface area (Å²) in [5, 5.41) is 0. The van der Waals surface area contributed by atoms with E-state index >= 15 is 0 Å². The van der Waals surface area contributed by atoms with Gasteiger partial charge in [-0.3, -0.25) is 4.57 Å². The quantitative estimate of drug-likeness (QED) is 0.870. The van der Waals surface area contributed by atoms with E-state index in [2.05, 4.69) is 9.72 Å². The van der Waals surface area contributed by atoms with Gasteiger partial charge in [-0.2, -0.15) is 0 Å². The Morgan fingerprint density at radius 3 is 2.59 bits per heavy atom. The highest BCUT2D eigenvalue weighted by Crippen LogP contribution is 2.29. The molecule has 0 N–H and O–H groups in total. The number of rotatable bonds is 4. The van der Waals surface area contributed by atoms with Crippen molar-refractivity contribution in [3.05, 3.63) is 36.7 Å². The lowest BCUT2D eigenvalue weighted by Gasteiger charge is -2.22. The number of nitrogens with zero attached hydrogens (tertiary/aromatic N) is 2. The van der Waals surface area contributed by atoms with Crippen LogP contribution in [0.15, 0.2) is 36.7 Å². The minimum atomic E-state index is -4.70. The number of ether oxygens (including phenoxy) is 3. The summed E-state index contributed by atoms with van der Waals surface area (Å²) in [6, 6.07) is 5.76. The van der Waals surface area contributed by atoms with Gasteiger partial charge in [-0.25, -0.2) is 4.98 Å². The Morgan fingerprint density at radius 1 is 1.27 bits per heavy atom. The molecule has 0 radical (unpaired) electrons. The summed E-state index contributed by atoms with van der Waals surface area (Å²) in [5.74, 6) is 0.146. The molecule has 0 bridgehead atoms. The van der Waals surface area contributed by atoms with E-state index in [-0.39, 0.29) is 12.4 Å².